The third-order valence-corrected chi connectivity index (χ3v) is 3.08. The minimum Gasteiger partial charge on any atom is -0.372 e. The molecule has 0 aromatic rings. The predicted octanol–water partition coefficient (Wildman–Crippen LogP) is 2.99. The first-order valence-electron chi connectivity index (χ1n) is 4.53. The molecule has 0 aliphatic carbocycles. The van der Waals surface area contributed by atoms with Crippen molar-refractivity contribution in [3.05, 3.63) is 0 Å². The van der Waals surface area contributed by atoms with Gasteiger partial charge in [0.1, 0.15) is 0 Å². The Kier molecular flexibility index (Phi) is 2.04. The van der Waals surface area contributed by atoms with Gasteiger partial charge in [-0.05, 0) is 32.1 Å². The summed E-state index contributed by atoms with van der Waals surface area (Å²) in [4.78, 5) is 0. The molecule has 1 heterocycles. The minimum absolute atomic E-state index is 0.104. The van der Waals surface area contributed by atoms with Crippen LogP contribution in [0.4, 0.5) is 0 Å². The Morgan fingerprint density at radius 2 is 1.91 bits per heavy atom. The molecule has 0 N–H and O–H groups in total. The highest BCUT2D eigenvalue weighted by atomic mass is 16.5. The standard InChI is InChI=1S/C10H20O/c1-8-6-7-10(5,11-8)9(2,3)4/h8H,6-7H2,1-5H3. The van der Waals surface area contributed by atoms with E-state index >= 15 is 0 Å². The Balaban J connectivity index is 2.69. The van der Waals surface area contributed by atoms with Gasteiger partial charge < -0.3 is 4.74 Å². The summed E-state index contributed by atoms with van der Waals surface area (Å²) in [6, 6.07) is 0. The van der Waals surface area contributed by atoms with Crippen LogP contribution in [0.5, 0.6) is 0 Å². The van der Waals surface area contributed by atoms with Crippen LogP contribution in [0.2, 0.25) is 0 Å². The molecular weight excluding hydrogens is 136 g/mol. The summed E-state index contributed by atoms with van der Waals surface area (Å²) in [5, 5.41) is 0. The average molecular weight is 156 g/mol. The van der Waals surface area contributed by atoms with Gasteiger partial charge >= 0.3 is 0 Å². The van der Waals surface area contributed by atoms with Gasteiger partial charge in [-0.15, -0.1) is 0 Å². The van der Waals surface area contributed by atoms with E-state index in [0.717, 1.165) is 0 Å². The Hall–Kier alpha value is -0.0400. The maximum absolute atomic E-state index is 5.91. The topological polar surface area (TPSA) is 9.23 Å². The maximum Gasteiger partial charge on any atom is 0.0707 e. The van der Waals surface area contributed by atoms with Crippen LogP contribution in [-0.4, -0.2) is 11.7 Å². The van der Waals surface area contributed by atoms with Crippen LogP contribution < -0.4 is 0 Å². The number of ether oxygens (including phenoxy) is 1. The van der Waals surface area contributed by atoms with Crippen LogP contribution >= 0.6 is 0 Å². The number of hydrogen-bond acceptors (Lipinski definition) is 1. The monoisotopic (exact) mass is 156 g/mol. The molecule has 1 saturated heterocycles. The van der Waals surface area contributed by atoms with Crippen molar-refractivity contribution in [2.45, 2.75) is 59.2 Å². The number of rotatable bonds is 0. The zero-order valence-electron chi connectivity index (χ0n) is 8.40. The molecule has 0 aromatic heterocycles. The molecule has 2 unspecified atom stereocenters. The lowest BCUT2D eigenvalue weighted by Gasteiger charge is -2.38. The molecule has 0 radical (unpaired) electrons. The lowest BCUT2D eigenvalue weighted by molar-refractivity contribution is -0.0900. The van der Waals surface area contributed by atoms with Gasteiger partial charge in [-0.25, -0.2) is 0 Å². The first-order chi connectivity index (χ1) is 4.85. The summed E-state index contributed by atoms with van der Waals surface area (Å²) in [5.74, 6) is 0. The van der Waals surface area contributed by atoms with Crippen LogP contribution in [0.25, 0.3) is 0 Å². The molecule has 0 bridgehead atoms. The van der Waals surface area contributed by atoms with Crippen molar-refractivity contribution < 1.29 is 4.74 Å². The largest absolute Gasteiger partial charge is 0.372 e. The molecule has 0 spiro atoms. The molecule has 1 heteroatoms. The molecule has 0 aromatic carbocycles. The Bertz CT molecular complexity index is 145. The van der Waals surface area contributed by atoms with Crippen molar-refractivity contribution >= 4 is 0 Å². The van der Waals surface area contributed by atoms with E-state index in [9.17, 15) is 0 Å². The summed E-state index contributed by atoms with van der Waals surface area (Å²) in [7, 11) is 0. The van der Waals surface area contributed by atoms with E-state index in [-0.39, 0.29) is 11.0 Å². The van der Waals surface area contributed by atoms with Gasteiger partial charge in [0.15, 0.2) is 0 Å². The minimum atomic E-state index is 0.104. The molecule has 66 valence electrons. The molecule has 0 saturated carbocycles. The summed E-state index contributed by atoms with van der Waals surface area (Å²) in [6.07, 6.45) is 2.88. The smallest absolute Gasteiger partial charge is 0.0707 e. The van der Waals surface area contributed by atoms with Gasteiger partial charge in [0, 0.05) is 0 Å². The maximum atomic E-state index is 5.91. The number of hydrogen-bond donors (Lipinski definition) is 0. The van der Waals surface area contributed by atoms with Gasteiger partial charge in [0.05, 0.1) is 11.7 Å². The second-order valence-electron chi connectivity index (χ2n) is 4.95. The molecule has 11 heavy (non-hydrogen) atoms. The van der Waals surface area contributed by atoms with Gasteiger partial charge in [0.25, 0.3) is 0 Å². The van der Waals surface area contributed by atoms with Gasteiger partial charge in [-0.3, -0.25) is 0 Å². The lowest BCUT2D eigenvalue weighted by Crippen LogP contribution is -2.39. The highest BCUT2D eigenvalue weighted by Gasteiger charge is 2.43. The van der Waals surface area contributed by atoms with E-state index in [2.05, 4.69) is 34.6 Å². The summed E-state index contributed by atoms with van der Waals surface area (Å²) >= 11 is 0. The van der Waals surface area contributed by atoms with Gasteiger partial charge in [-0.2, -0.15) is 0 Å². The molecular formula is C10H20O. The Morgan fingerprint density at radius 1 is 1.36 bits per heavy atom. The Morgan fingerprint density at radius 3 is 2.09 bits per heavy atom. The molecule has 0 amide bonds. The molecule has 1 fully saturated rings. The van der Waals surface area contributed by atoms with Crippen molar-refractivity contribution in [2.24, 2.45) is 5.41 Å². The van der Waals surface area contributed by atoms with Crippen molar-refractivity contribution in [3.8, 4) is 0 Å². The van der Waals surface area contributed by atoms with Crippen LogP contribution in [0.3, 0.4) is 0 Å². The fourth-order valence-corrected chi connectivity index (χ4v) is 1.59. The van der Waals surface area contributed by atoms with E-state index in [1.54, 1.807) is 0 Å². The van der Waals surface area contributed by atoms with Crippen molar-refractivity contribution in [2.75, 3.05) is 0 Å². The fraction of sp³-hybridized carbons (Fsp3) is 1.00. The highest BCUT2D eigenvalue weighted by molar-refractivity contribution is 4.93. The van der Waals surface area contributed by atoms with E-state index in [4.69, 9.17) is 4.74 Å². The zero-order chi connectivity index (χ0) is 8.70. The summed E-state index contributed by atoms with van der Waals surface area (Å²) in [5.41, 5.74) is 0.379. The molecule has 1 aliphatic heterocycles. The van der Waals surface area contributed by atoms with Crippen LogP contribution in [0.15, 0.2) is 0 Å². The molecule has 1 nitrogen and oxygen atoms in total. The van der Waals surface area contributed by atoms with E-state index in [1.165, 1.54) is 12.8 Å². The Labute approximate surface area is 70.1 Å². The van der Waals surface area contributed by atoms with Crippen LogP contribution in [-0.2, 0) is 4.74 Å². The fourth-order valence-electron chi connectivity index (χ4n) is 1.59. The average Bonchev–Trinajstić information content (AvgIpc) is 2.10. The second-order valence-corrected chi connectivity index (χ2v) is 4.95. The lowest BCUT2D eigenvalue weighted by atomic mass is 9.76. The second kappa shape index (κ2) is 2.48. The van der Waals surface area contributed by atoms with Gasteiger partial charge in [0.2, 0.25) is 0 Å². The molecule has 1 aliphatic rings. The normalized spacial score (nSPS) is 39.5. The first kappa shape index (κ1) is 9.05. The quantitative estimate of drug-likeness (QED) is 0.524. The van der Waals surface area contributed by atoms with Crippen molar-refractivity contribution in [3.63, 3.8) is 0 Å². The van der Waals surface area contributed by atoms with Crippen molar-refractivity contribution in [1.82, 2.24) is 0 Å². The molecule has 2 atom stereocenters. The summed E-state index contributed by atoms with van der Waals surface area (Å²) in [6.45, 7) is 11.2. The van der Waals surface area contributed by atoms with Crippen LogP contribution in [0.1, 0.15) is 47.5 Å². The highest BCUT2D eigenvalue weighted by Crippen LogP contribution is 2.43. The predicted molar refractivity (Wildman–Crippen MR) is 47.6 cm³/mol. The zero-order valence-corrected chi connectivity index (χ0v) is 8.40. The first-order valence-corrected chi connectivity index (χ1v) is 4.53. The van der Waals surface area contributed by atoms with Crippen LogP contribution in [0, 0.1) is 5.41 Å². The third-order valence-electron chi connectivity index (χ3n) is 3.08. The van der Waals surface area contributed by atoms with E-state index in [0.29, 0.717) is 6.10 Å². The van der Waals surface area contributed by atoms with E-state index < -0.39 is 0 Å². The van der Waals surface area contributed by atoms with Gasteiger partial charge in [-0.1, -0.05) is 20.8 Å². The molecule has 1 rings (SSSR count). The summed E-state index contributed by atoms with van der Waals surface area (Å²) < 4.78 is 5.91. The third kappa shape index (κ3) is 1.58. The van der Waals surface area contributed by atoms with Crippen molar-refractivity contribution in [1.29, 1.82) is 0 Å². The SMILES string of the molecule is CC1CCC(C)(C(C)(C)C)O1. The van der Waals surface area contributed by atoms with E-state index in [1.807, 2.05) is 0 Å².